The molecule has 112 valence electrons. The maximum Gasteiger partial charge on any atom is 0.331 e. The Bertz CT molecular complexity index is 620. The Balaban J connectivity index is 3.29. The normalized spacial score (nSPS) is 11.7. The zero-order valence-corrected chi connectivity index (χ0v) is 13.0. The Kier molecular flexibility index (Phi) is 4.90. The molecular weight excluding hydrogens is 282 g/mol. The highest BCUT2D eigenvalue weighted by atomic mass is 32.2. The van der Waals surface area contributed by atoms with E-state index in [0.29, 0.717) is 11.1 Å². The molecule has 6 nitrogen and oxygen atoms in total. The van der Waals surface area contributed by atoms with Crippen LogP contribution in [0.5, 0.6) is 0 Å². The number of benzene rings is 1. The third kappa shape index (κ3) is 3.17. The molecular formula is C13H19NO5S. The molecule has 0 atom stereocenters. The quantitative estimate of drug-likeness (QED) is 0.804. The van der Waals surface area contributed by atoms with E-state index in [0.717, 1.165) is 16.7 Å². The number of sulfonamides is 1. The summed E-state index contributed by atoms with van der Waals surface area (Å²) in [7, 11) is -3.91. The summed E-state index contributed by atoms with van der Waals surface area (Å²) < 4.78 is 24.5. The van der Waals surface area contributed by atoms with Crippen LogP contribution in [0, 0.1) is 34.6 Å². The van der Waals surface area contributed by atoms with Crippen LogP contribution >= 0.6 is 0 Å². The van der Waals surface area contributed by atoms with Gasteiger partial charge in [-0.15, -0.1) is 0 Å². The minimum absolute atomic E-state index is 0.142. The monoisotopic (exact) mass is 301 g/mol. The molecule has 0 amide bonds. The lowest BCUT2D eigenvalue weighted by atomic mass is 9.95. The average Bonchev–Trinajstić information content (AvgIpc) is 2.33. The number of hydrogen-bond donors (Lipinski definition) is 2. The lowest BCUT2D eigenvalue weighted by Crippen LogP contribution is -2.28. The van der Waals surface area contributed by atoms with E-state index < -0.39 is 22.6 Å². The van der Waals surface area contributed by atoms with Crippen molar-refractivity contribution in [3.05, 3.63) is 27.8 Å². The molecule has 0 saturated heterocycles. The van der Waals surface area contributed by atoms with Crippen LogP contribution in [-0.4, -0.2) is 26.1 Å². The Morgan fingerprint density at radius 3 is 1.80 bits per heavy atom. The van der Waals surface area contributed by atoms with Crippen LogP contribution in [0.4, 0.5) is 0 Å². The number of hydrogen-bond acceptors (Lipinski definition) is 4. The molecule has 0 saturated carbocycles. The molecule has 20 heavy (non-hydrogen) atoms. The SMILES string of the molecule is Cc1c(C)c(C)c(S(=O)(=O)NOCC(=O)O)c(C)c1C. The van der Waals surface area contributed by atoms with Crippen LogP contribution in [0.25, 0.3) is 0 Å². The van der Waals surface area contributed by atoms with Gasteiger partial charge in [-0.25, -0.2) is 13.2 Å². The summed E-state index contributed by atoms with van der Waals surface area (Å²) in [5.41, 5.74) is 4.11. The van der Waals surface area contributed by atoms with Gasteiger partial charge in [-0.2, -0.15) is 0 Å². The first kappa shape index (κ1) is 16.6. The van der Waals surface area contributed by atoms with Crippen molar-refractivity contribution in [1.82, 2.24) is 4.89 Å². The van der Waals surface area contributed by atoms with Gasteiger partial charge in [-0.3, -0.25) is 4.84 Å². The average molecular weight is 301 g/mol. The van der Waals surface area contributed by atoms with Gasteiger partial charge in [0, 0.05) is 0 Å². The minimum atomic E-state index is -3.91. The van der Waals surface area contributed by atoms with Gasteiger partial charge in [0.1, 0.15) is 0 Å². The van der Waals surface area contributed by atoms with Gasteiger partial charge in [0.25, 0.3) is 10.0 Å². The second-order valence-electron chi connectivity index (χ2n) is 4.72. The molecule has 0 unspecified atom stereocenters. The van der Waals surface area contributed by atoms with E-state index in [1.807, 2.05) is 25.7 Å². The van der Waals surface area contributed by atoms with Crippen molar-refractivity contribution < 1.29 is 23.2 Å². The lowest BCUT2D eigenvalue weighted by molar-refractivity contribution is -0.143. The van der Waals surface area contributed by atoms with Crippen LogP contribution < -0.4 is 4.89 Å². The van der Waals surface area contributed by atoms with Crippen LogP contribution in [0.2, 0.25) is 0 Å². The number of nitrogens with one attached hydrogen (secondary N) is 1. The fraction of sp³-hybridized carbons (Fsp3) is 0.462. The number of carboxylic acids is 1. The molecule has 1 aromatic carbocycles. The highest BCUT2D eigenvalue weighted by Crippen LogP contribution is 2.29. The van der Waals surface area contributed by atoms with Gasteiger partial charge in [0.05, 0.1) is 4.90 Å². The van der Waals surface area contributed by atoms with Gasteiger partial charge < -0.3 is 5.11 Å². The Hall–Kier alpha value is -1.44. The van der Waals surface area contributed by atoms with Crippen molar-refractivity contribution in [2.45, 2.75) is 39.5 Å². The van der Waals surface area contributed by atoms with E-state index >= 15 is 0 Å². The van der Waals surface area contributed by atoms with Crippen molar-refractivity contribution in [2.75, 3.05) is 6.61 Å². The Labute approximate surface area is 118 Å². The maximum absolute atomic E-state index is 12.2. The zero-order valence-electron chi connectivity index (χ0n) is 12.2. The predicted molar refractivity (Wildman–Crippen MR) is 74.0 cm³/mol. The Morgan fingerprint density at radius 2 is 1.40 bits per heavy atom. The lowest BCUT2D eigenvalue weighted by Gasteiger charge is -2.18. The summed E-state index contributed by atoms with van der Waals surface area (Å²) in [6.07, 6.45) is 0. The molecule has 0 aliphatic rings. The van der Waals surface area contributed by atoms with E-state index in [9.17, 15) is 13.2 Å². The summed E-state index contributed by atoms with van der Waals surface area (Å²) >= 11 is 0. The number of carbonyl (C=O) groups is 1. The van der Waals surface area contributed by atoms with Crippen LogP contribution in [-0.2, 0) is 19.7 Å². The Morgan fingerprint density at radius 1 is 1.00 bits per heavy atom. The molecule has 0 aliphatic carbocycles. The largest absolute Gasteiger partial charge is 0.479 e. The topological polar surface area (TPSA) is 92.7 Å². The highest BCUT2D eigenvalue weighted by Gasteiger charge is 2.24. The number of carboxylic acid groups (broad SMARTS) is 1. The fourth-order valence-corrected chi connectivity index (χ4v) is 3.49. The standard InChI is InChI=1S/C13H19NO5S/c1-7-8(2)10(4)13(11(5)9(7)3)20(17,18)14-19-6-12(15)16/h14H,6H2,1-5H3,(H,15,16). The third-order valence-corrected chi connectivity index (χ3v) is 5.05. The molecule has 0 spiro atoms. The van der Waals surface area contributed by atoms with Crippen LogP contribution in [0.1, 0.15) is 27.8 Å². The first-order chi connectivity index (χ1) is 9.09. The molecule has 0 bridgehead atoms. The number of aliphatic carboxylic acids is 1. The molecule has 1 aromatic rings. The van der Waals surface area contributed by atoms with E-state index in [1.165, 1.54) is 0 Å². The third-order valence-electron chi connectivity index (χ3n) is 3.56. The van der Waals surface area contributed by atoms with Crippen molar-refractivity contribution >= 4 is 16.0 Å². The molecule has 0 aromatic heterocycles. The highest BCUT2D eigenvalue weighted by molar-refractivity contribution is 7.89. The summed E-state index contributed by atoms with van der Waals surface area (Å²) in [5, 5.41) is 8.45. The maximum atomic E-state index is 12.2. The summed E-state index contributed by atoms with van der Waals surface area (Å²) in [6.45, 7) is 8.36. The second-order valence-corrected chi connectivity index (χ2v) is 6.31. The van der Waals surface area contributed by atoms with Gasteiger partial charge in [-0.1, -0.05) is 4.89 Å². The molecule has 1 rings (SSSR count). The molecule has 2 N–H and O–H groups in total. The van der Waals surface area contributed by atoms with Gasteiger partial charge in [0.2, 0.25) is 0 Å². The van der Waals surface area contributed by atoms with E-state index in [4.69, 9.17) is 5.11 Å². The second kappa shape index (κ2) is 5.90. The predicted octanol–water partition coefficient (Wildman–Crippen LogP) is 1.52. The molecule has 0 aliphatic heterocycles. The molecule has 0 fully saturated rings. The van der Waals surface area contributed by atoms with Crippen molar-refractivity contribution in [3.8, 4) is 0 Å². The number of rotatable bonds is 5. The van der Waals surface area contributed by atoms with E-state index in [1.54, 1.807) is 13.8 Å². The van der Waals surface area contributed by atoms with Gasteiger partial charge in [0.15, 0.2) is 6.61 Å². The van der Waals surface area contributed by atoms with Crippen LogP contribution in [0.3, 0.4) is 0 Å². The first-order valence-electron chi connectivity index (χ1n) is 6.02. The van der Waals surface area contributed by atoms with Crippen LogP contribution in [0.15, 0.2) is 4.90 Å². The zero-order chi connectivity index (χ0) is 15.7. The van der Waals surface area contributed by atoms with Gasteiger partial charge >= 0.3 is 5.97 Å². The first-order valence-corrected chi connectivity index (χ1v) is 7.50. The molecule has 0 heterocycles. The summed E-state index contributed by atoms with van der Waals surface area (Å²) in [5.74, 6) is -1.25. The van der Waals surface area contributed by atoms with Crippen molar-refractivity contribution in [3.63, 3.8) is 0 Å². The molecule has 0 radical (unpaired) electrons. The summed E-state index contributed by atoms with van der Waals surface area (Å²) in [4.78, 5) is 16.8. The van der Waals surface area contributed by atoms with Crippen molar-refractivity contribution in [1.29, 1.82) is 0 Å². The minimum Gasteiger partial charge on any atom is -0.479 e. The smallest absolute Gasteiger partial charge is 0.331 e. The summed E-state index contributed by atoms with van der Waals surface area (Å²) in [6, 6.07) is 0. The van der Waals surface area contributed by atoms with Gasteiger partial charge in [-0.05, 0) is 62.4 Å². The van der Waals surface area contributed by atoms with Crippen molar-refractivity contribution in [2.24, 2.45) is 0 Å². The van der Waals surface area contributed by atoms with E-state index in [2.05, 4.69) is 4.84 Å². The molecule has 7 heteroatoms. The fourth-order valence-electron chi connectivity index (χ4n) is 2.08. The van der Waals surface area contributed by atoms with E-state index in [-0.39, 0.29) is 4.90 Å².